The minimum atomic E-state index is -1.55. The van der Waals surface area contributed by atoms with Crippen LogP contribution >= 0.6 is 0 Å². The maximum atomic E-state index is 14.4. The van der Waals surface area contributed by atoms with Gasteiger partial charge in [0.05, 0.1) is 174 Å². The highest BCUT2D eigenvalue weighted by molar-refractivity contribution is 6.13. The fourth-order valence-corrected chi connectivity index (χ4v) is 15.7. The zero-order valence-corrected chi connectivity index (χ0v) is 75.0. The van der Waals surface area contributed by atoms with Gasteiger partial charge in [0.2, 0.25) is 17.7 Å². The molecule has 130 heavy (non-hydrogen) atoms. The van der Waals surface area contributed by atoms with Crippen molar-refractivity contribution in [2.75, 3.05) is 158 Å². The lowest BCUT2D eigenvalue weighted by Gasteiger charge is -2.31. The van der Waals surface area contributed by atoms with Gasteiger partial charge in [-0.15, -0.1) is 0 Å². The van der Waals surface area contributed by atoms with Crippen molar-refractivity contribution in [2.45, 2.75) is 148 Å². The standard InChI is InChI=1S/C96H120N8O26/c1-62(2)74(52-69(105)23-24-78(95(115)129-61-77-72-17-11-9-15-70(72)71-16-10-12-18-73(71)77)100-88(108)28-33-119-35-37-121-39-41-123-43-45-125-47-48-126-46-44-124-42-40-122-38-36-120-34-29-97-87(107)27-30-101-89(109)25-26-90(101)110)91(111)99-65(5)82(106)51-66-19-21-67(22-20-66)60-130-96(116)104-80-56-86(84(118-7)54-76(80)93(113)103-59-64(4)50-81(103)94(104)114)128-32-14-8-13-31-127-85-55-79-75(53-83(85)117-6)92(112)102-58-63(3)49-68(102)57-98-79/h9-12,15-22,25-26,53-59,62,65,68,74,77-78,81,94,114H,8,13-14,23-24,27-52,60-61H2,1-7H3,(H,97,107)(H,99,111)(H,100,108)/t65-,68-,74-,78-,81-,94-/m0/s1. The van der Waals surface area contributed by atoms with E-state index in [0.29, 0.717) is 145 Å². The number of rotatable bonds is 57. The van der Waals surface area contributed by atoms with E-state index in [-0.39, 0.29) is 168 Å². The van der Waals surface area contributed by atoms with Crippen LogP contribution in [0.3, 0.4) is 0 Å². The summed E-state index contributed by atoms with van der Waals surface area (Å²) >= 11 is 0. The Labute approximate surface area is 756 Å². The smallest absolute Gasteiger partial charge is 0.416 e. The molecule has 0 fully saturated rings. The normalized spacial score (nSPS) is 16.6. The first-order valence-electron chi connectivity index (χ1n) is 44.4. The third-order valence-corrected chi connectivity index (χ3v) is 22.7. The Bertz CT molecular complexity index is 4810. The van der Waals surface area contributed by atoms with Crippen molar-refractivity contribution in [1.82, 2.24) is 30.7 Å². The van der Waals surface area contributed by atoms with E-state index in [1.54, 1.807) is 74.5 Å². The predicted octanol–water partition coefficient (Wildman–Crippen LogP) is 9.18. The Morgan fingerprint density at radius 1 is 0.538 bits per heavy atom. The van der Waals surface area contributed by atoms with Crippen molar-refractivity contribution in [3.05, 3.63) is 166 Å². The summed E-state index contributed by atoms with van der Waals surface area (Å²) in [5, 5.41) is 20.3. The van der Waals surface area contributed by atoms with Gasteiger partial charge in [0.1, 0.15) is 25.0 Å². The minimum absolute atomic E-state index is 0.00907. The number of hydrogen-bond donors (Lipinski definition) is 4. The topological polar surface area (TPSA) is 399 Å². The van der Waals surface area contributed by atoms with Crippen molar-refractivity contribution >= 4 is 82.6 Å². The molecule has 6 aliphatic rings. The third-order valence-electron chi connectivity index (χ3n) is 22.7. The fourth-order valence-electron chi connectivity index (χ4n) is 15.7. The summed E-state index contributed by atoms with van der Waals surface area (Å²) < 4.78 is 80.1. The van der Waals surface area contributed by atoms with Crippen molar-refractivity contribution in [2.24, 2.45) is 16.8 Å². The number of ether oxygens (including phenoxy) is 14. The molecule has 5 aromatic rings. The van der Waals surface area contributed by atoms with Crippen LogP contribution in [0.4, 0.5) is 16.2 Å². The molecule has 5 aromatic carbocycles. The van der Waals surface area contributed by atoms with E-state index in [2.05, 4.69) is 20.9 Å². The van der Waals surface area contributed by atoms with Crippen molar-refractivity contribution in [3.8, 4) is 34.1 Å². The number of Topliss-reactive ketones (excluding diaryl/α,β-unsaturated/α-hetero) is 2. The maximum Gasteiger partial charge on any atom is 0.416 e. The number of unbranched alkanes of at least 4 members (excludes halogenated alkanes) is 2. The van der Waals surface area contributed by atoms with Crippen LogP contribution in [0.2, 0.25) is 0 Å². The van der Waals surface area contributed by atoms with Gasteiger partial charge in [-0.05, 0) is 111 Å². The highest BCUT2D eigenvalue weighted by atomic mass is 16.6. The number of imide groups is 1. The van der Waals surface area contributed by atoms with Crippen LogP contribution in [0.5, 0.6) is 23.0 Å². The van der Waals surface area contributed by atoms with Gasteiger partial charge >= 0.3 is 12.1 Å². The molecule has 1 aliphatic carbocycles. The number of anilines is 1. The molecule has 11 rings (SSSR count). The molecule has 0 spiro atoms. The van der Waals surface area contributed by atoms with Crippen molar-refractivity contribution in [3.63, 3.8) is 0 Å². The van der Waals surface area contributed by atoms with Crippen LogP contribution in [-0.4, -0.2) is 274 Å². The third kappa shape index (κ3) is 28.2. The van der Waals surface area contributed by atoms with E-state index in [4.69, 9.17) is 66.3 Å². The SMILES string of the molecule is COc1cc2c(cc1OCCCCCOc1cc3c(cc1OC)C(=O)N1C=C(C)C[C@H]1[C@H](O)N3C(=O)OCc1ccc(CC(=O)[C@H](C)NC(=O)[C@@H](CC(=O)CC[C@H](NC(=O)CCOCCOCCOCCOCCOCCOCCOCCOCCNC(=O)CCN3C(=O)C=CC3=O)C(=O)OCC3c4ccccc4-c4ccccc43)C(C)C)cc1)N=C[C@@H]1CC(C)=CN1C2=O. The largest absolute Gasteiger partial charge is 0.493 e. The van der Waals surface area contributed by atoms with Gasteiger partial charge in [0.25, 0.3) is 23.6 Å². The summed E-state index contributed by atoms with van der Waals surface area (Å²) in [6.07, 6.45) is 7.36. The Morgan fingerprint density at radius 3 is 1.65 bits per heavy atom. The Balaban J connectivity index is 0.569. The summed E-state index contributed by atoms with van der Waals surface area (Å²) in [5.41, 5.74) is 8.15. The average molecular weight is 1800 g/mol. The predicted molar refractivity (Wildman–Crippen MR) is 476 cm³/mol. The molecule has 34 nitrogen and oxygen atoms in total. The van der Waals surface area contributed by atoms with Crippen LogP contribution in [-0.2, 0) is 98.8 Å². The minimum Gasteiger partial charge on any atom is -0.493 e. The van der Waals surface area contributed by atoms with Gasteiger partial charge in [0, 0.05) is 99.9 Å². The van der Waals surface area contributed by atoms with Gasteiger partial charge in [-0.3, -0.25) is 53.0 Å². The number of carbonyl (C=O) groups excluding carboxylic acids is 11. The van der Waals surface area contributed by atoms with Gasteiger partial charge < -0.3 is 97.2 Å². The monoisotopic (exact) mass is 1800 g/mol. The van der Waals surface area contributed by atoms with Crippen molar-refractivity contribution in [1.29, 1.82) is 0 Å². The van der Waals surface area contributed by atoms with E-state index >= 15 is 0 Å². The van der Waals surface area contributed by atoms with Gasteiger partial charge in [0.15, 0.2) is 35.0 Å². The van der Waals surface area contributed by atoms with E-state index in [0.717, 1.165) is 43.2 Å². The number of carbonyl (C=O) groups is 11. The van der Waals surface area contributed by atoms with E-state index in [1.807, 2.05) is 68.6 Å². The number of nitrogens with zero attached hydrogens (tertiary/aromatic N) is 5. The number of fused-ring (bicyclic) bond motifs is 7. The highest BCUT2D eigenvalue weighted by Crippen LogP contribution is 2.46. The van der Waals surface area contributed by atoms with Crippen LogP contribution in [0.25, 0.3) is 11.1 Å². The summed E-state index contributed by atoms with van der Waals surface area (Å²) in [6.45, 7) is 14.6. The molecule has 0 saturated carbocycles. The molecular weight excluding hydrogens is 1680 g/mol. The number of ketones is 2. The lowest BCUT2D eigenvalue weighted by molar-refractivity contribution is -0.148. The molecule has 6 atom stereocenters. The molecular formula is C96H120N8O26. The molecule has 0 bridgehead atoms. The zero-order chi connectivity index (χ0) is 92.4. The quantitative estimate of drug-likeness (QED) is 0.0160. The molecule has 700 valence electrons. The lowest BCUT2D eigenvalue weighted by atomic mass is 9.88. The molecule has 5 heterocycles. The number of methoxy groups -OCH3 is 2. The van der Waals surface area contributed by atoms with E-state index < -0.39 is 71.9 Å². The Hall–Kier alpha value is -11.6. The lowest BCUT2D eigenvalue weighted by Crippen LogP contribution is -2.50. The second-order valence-electron chi connectivity index (χ2n) is 32.5. The average Bonchev–Trinajstić information content (AvgIpc) is 1.60. The molecule has 5 aliphatic heterocycles. The van der Waals surface area contributed by atoms with Crippen LogP contribution in [0, 0.1) is 11.8 Å². The molecule has 0 radical (unpaired) electrons. The van der Waals surface area contributed by atoms with Gasteiger partial charge in [-0.25, -0.2) is 14.5 Å². The van der Waals surface area contributed by atoms with E-state index in [1.165, 1.54) is 43.4 Å². The summed E-state index contributed by atoms with van der Waals surface area (Å²) in [6, 6.07) is 25.7. The summed E-state index contributed by atoms with van der Waals surface area (Å²) in [5.74, 6) is -4.30. The van der Waals surface area contributed by atoms with Gasteiger partial charge in [-0.2, -0.15) is 0 Å². The van der Waals surface area contributed by atoms with Crippen LogP contribution < -0.4 is 39.8 Å². The first-order valence-corrected chi connectivity index (χ1v) is 44.4. The second-order valence-corrected chi connectivity index (χ2v) is 32.5. The molecule has 34 heteroatoms. The number of aliphatic hydroxyl groups excluding tert-OH is 1. The second kappa shape index (κ2) is 50.5. The van der Waals surface area contributed by atoms with E-state index in [9.17, 15) is 57.8 Å². The van der Waals surface area contributed by atoms with Crippen LogP contribution in [0.15, 0.2) is 138 Å². The first kappa shape index (κ1) is 99.0. The molecule has 4 N–H and O–H groups in total. The number of benzene rings is 5. The Morgan fingerprint density at radius 2 is 1.07 bits per heavy atom. The van der Waals surface area contributed by atoms with Gasteiger partial charge in [-0.1, -0.05) is 97.8 Å². The fraction of sp³-hybridized carbons (Fsp3) is 0.500. The number of aliphatic hydroxyl groups is 1. The van der Waals surface area contributed by atoms with Crippen molar-refractivity contribution < 1.29 is 124 Å². The Kier molecular flexibility index (Phi) is 38.5. The first-order chi connectivity index (χ1) is 63.0. The number of aliphatic imine (C=N–C) groups is 1. The highest BCUT2D eigenvalue weighted by Gasteiger charge is 2.46. The molecule has 0 aromatic heterocycles. The number of amides is 8. The molecule has 0 saturated heterocycles. The number of nitrogens with one attached hydrogen (secondary N) is 3. The number of esters is 1. The molecule has 8 amide bonds. The molecule has 0 unspecified atom stereocenters. The number of hydrogen-bond acceptors (Lipinski definition) is 27. The summed E-state index contributed by atoms with van der Waals surface area (Å²) in [7, 11) is 2.96. The van der Waals surface area contributed by atoms with Crippen LogP contribution in [0.1, 0.15) is 148 Å². The summed E-state index contributed by atoms with van der Waals surface area (Å²) in [4.78, 5) is 157. The maximum absolute atomic E-state index is 14.4. The zero-order valence-electron chi connectivity index (χ0n) is 75.0.